The fourth-order valence-corrected chi connectivity index (χ4v) is 2.43. The topological polar surface area (TPSA) is 70.8 Å². The molecule has 4 nitrogen and oxygen atoms in total. The van der Waals surface area contributed by atoms with Crippen LogP contribution in [0.1, 0.15) is 25.0 Å². The van der Waals surface area contributed by atoms with E-state index in [1.165, 1.54) is 24.6 Å². The SMILES string of the molecule is CC(C)(CN=Cc1cc(Cl)ccc1[O-])CN=Cc1cc(Cl)ccc1[O-].[Cu+2]. The van der Waals surface area contributed by atoms with E-state index in [0.717, 1.165) is 0 Å². The zero-order chi connectivity index (χ0) is 18.4. The fraction of sp³-hybridized carbons (Fsp3) is 0.263. The van der Waals surface area contributed by atoms with Crippen LogP contribution in [0, 0.1) is 5.41 Å². The normalized spacial score (nSPS) is 11.8. The smallest absolute Gasteiger partial charge is 0.872 e. The first-order chi connectivity index (χ1) is 11.8. The zero-order valence-corrected chi connectivity index (χ0v) is 16.8. The summed E-state index contributed by atoms with van der Waals surface area (Å²) in [7, 11) is 0. The van der Waals surface area contributed by atoms with Crippen LogP contribution in [0.5, 0.6) is 11.5 Å². The Morgan fingerprint density at radius 2 is 1.23 bits per heavy atom. The van der Waals surface area contributed by atoms with Crippen molar-refractivity contribution in [2.24, 2.45) is 15.4 Å². The average Bonchev–Trinajstić information content (AvgIpc) is 2.54. The van der Waals surface area contributed by atoms with Gasteiger partial charge >= 0.3 is 17.1 Å². The molecule has 141 valence electrons. The molecule has 0 aromatic heterocycles. The van der Waals surface area contributed by atoms with Crippen molar-refractivity contribution in [1.82, 2.24) is 0 Å². The summed E-state index contributed by atoms with van der Waals surface area (Å²) in [4.78, 5) is 8.66. The summed E-state index contributed by atoms with van der Waals surface area (Å²) >= 11 is 11.8. The summed E-state index contributed by atoms with van der Waals surface area (Å²) in [5, 5.41) is 24.4. The molecule has 0 aliphatic heterocycles. The molecule has 0 aliphatic carbocycles. The van der Waals surface area contributed by atoms with Crippen molar-refractivity contribution in [1.29, 1.82) is 0 Å². The van der Waals surface area contributed by atoms with Gasteiger partial charge in [-0.3, -0.25) is 9.98 Å². The Labute approximate surface area is 174 Å². The number of halogens is 2. The summed E-state index contributed by atoms with van der Waals surface area (Å²) in [5.41, 5.74) is 0.694. The van der Waals surface area contributed by atoms with Gasteiger partial charge in [-0.1, -0.05) is 60.7 Å². The van der Waals surface area contributed by atoms with Gasteiger partial charge in [0.25, 0.3) is 0 Å². The molecule has 0 N–H and O–H groups in total. The maximum Gasteiger partial charge on any atom is 2.00 e. The monoisotopic (exact) mass is 439 g/mol. The first kappa shape index (κ1) is 22.5. The van der Waals surface area contributed by atoms with Crippen LogP contribution >= 0.6 is 23.2 Å². The van der Waals surface area contributed by atoms with E-state index in [0.29, 0.717) is 34.3 Å². The van der Waals surface area contributed by atoms with Crippen LogP contribution in [0.3, 0.4) is 0 Å². The minimum atomic E-state index is -0.226. The van der Waals surface area contributed by atoms with E-state index in [-0.39, 0.29) is 34.0 Å². The summed E-state index contributed by atoms with van der Waals surface area (Å²) in [6.07, 6.45) is 3.07. The van der Waals surface area contributed by atoms with Gasteiger partial charge in [0.1, 0.15) is 0 Å². The van der Waals surface area contributed by atoms with E-state index >= 15 is 0 Å². The standard InChI is InChI=1S/C19H20Cl2N2O2.Cu/c1-19(2,11-22-9-13-7-15(20)3-5-17(13)24)12-23-10-14-8-16(21)4-6-18(14)25;/h3-10,24-25H,11-12H2,1-2H3;/q;+2/p-2. The summed E-state index contributed by atoms with van der Waals surface area (Å²) in [5.74, 6) is -0.235. The van der Waals surface area contributed by atoms with E-state index < -0.39 is 0 Å². The molecule has 0 unspecified atom stereocenters. The maximum absolute atomic E-state index is 11.7. The molecule has 0 bridgehead atoms. The van der Waals surface area contributed by atoms with Gasteiger partial charge in [-0.15, -0.1) is 0 Å². The van der Waals surface area contributed by atoms with Gasteiger partial charge in [-0.05, 0) is 35.4 Å². The van der Waals surface area contributed by atoms with Crippen LogP contribution in [0.4, 0.5) is 0 Å². The Morgan fingerprint density at radius 1 is 0.846 bits per heavy atom. The molecule has 0 saturated carbocycles. The Balaban J connectivity index is 0.00000338. The van der Waals surface area contributed by atoms with Gasteiger partial charge in [0.15, 0.2) is 0 Å². The third-order valence-corrected chi connectivity index (χ3v) is 3.91. The molecule has 0 heterocycles. The molecule has 2 aromatic carbocycles. The molecule has 26 heavy (non-hydrogen) atoms. The molecule has 2 aromatic rings. The summed E-state index contributed by atoms with van der Waals surface area (Å²) in [6.45, 7) is 4.98. The van der Waals surface area contributed by atoms with Crippen molar-refractivity contribution in [2.45, 2.75) is 13.8 Å². The van der Waals surface area contributed by atoms with Gasteiger partial charge in [0.05, 0.1) is 0 Å². The fourth-order valence-electron chi connectivity index (χ4n) is 2.07. The predicted octanol–water partition coefficient (Wildman–Crippen LogP) is 3.70. The third-order valence-electron chi connectivity index (χ3n) is 3.44. The Bertz CT molecular complexity index is 743. The average molecular weight is 441 g/mol. The van der Waals surface area contributed by atoms with Crippen molar-refractivity contribution in [3.63, 3.8) is 0 Å². The largest absolute Gasteiger partial charge is 2.00 e. The first-order valence-corrected chi connectivity index (χ1v) is 8.45. The van der Waals surface area contributed by atoms with Crippen LogP contribution in [0.25, 0.3) is 0 Å². The number of hydrogen-bond donors (Lipinski definition) is 0. The number of aliphatic imine (C=N–C) groups is 2. The second kappa shape index (κ2) is 9.98. The van der Waals surface area contributed by atoms with Gasteiger partial charge in [-0.2, -0.15) is 0 Å². The molecule has 0 atom stereocenters. The van der Waals surface area contributed by atoms with Crippen LogP contribution < -0.4 is 10.2 Å². The molecule has 0 spiro atoms. The van der Waals surface area contributed by atoms with Crippen LogP contribution in [-0.4, -0.2) is 25.5 Å². The minimum absolute atomic E-state index is 0. The van der Waals surface area contributed by atoms with Gasteiger partial charge in [0, 0.05) is 41.0 Å². The van der Waals surface area contributed by atoms with Crippen molar-refractivity contribution in [3.05, 3.63) is 57.6 Å². The quantitative estimate of drug-likeness (QED) is 0.507. The number of nitrogens with zero attached hydrogens (tertiary/aromatic N) is 2. The number of benzene rings is 2. The van der Waals surface area contributed by atoms with Crippen molar-refractivity contribution < 1.29 is 27.3 Å². The second-order valence-corrected chi connectivity index (χ2v) is 7.34. The van der Waals surface area contributed by atoms with Crippen molar-refractivity contribution >= 4 is 35.6 Å². The molecule has 2 rings (SSSR count). The second-order valence-electron chi connectivity index (χ2n) is 6.47. The van der Waals surface area contributed by atoms with Crippen LogP contribution in [0.2, 0.25) is 10.0 Å². The van der Waals surface area contributed by atoms with Crippen molar-refractivity contribution in [3.8, 4) is 11.5 Å². The van der Waals surface area contributed by atoms with E-state index in [9.17, 15) is 10.2 Å². The maximum atomic E-state index is 11.7. The Morgan fingerprint density at radius 3 is 1.62 bits per heavy atom. The molecule has 0 amide bonds. The molecule has 0 fully saturated rings. The molecular weight excluding hydrogens is 423 g/mol. The van der Waals surface area contributed by atoms with E-state index in [1.807, 2.05) is 13.8 Å². The number of rotatable bonds is 6. The minimum Gasteiger partial charge on any atom is -0.872 e. The summed E-state index contributed by atoms with van der Waals surface area (Å²) < 4.78 is 0. The molecule has 1 radical (unpaired) electrons. The van der Waals surface area contributed by atoms with E-state index in [4.69, 9.17) is 23.2 Å². The van der Waals surface area contributed by atoms with Crippen LogP contribution in [-0.2, 0) is 17.1 Å². The third kappa shape index (κ3) is 7.00. The summed E-state index contributed by atoms with van der Waals surface area (Å²) in [6, 6.07) is 9.14. The van der Waals surface area contributed by atoms with E-state index in [2.05, 4.69) is 9.98 Å². The number of hydrogen-bond acceptors (Lipinski definition) is 4. The van der Waals surface area contributed by atoms with Crippen molar-refractivity contribution in [2.75, 3.05) is 13.1 Å². The first-order valence-electron chi connectivity index (χ1n) is 7.70. The predicted molar refractivity (Wildman–Crippen MR) is 100 cm³/mol. The molecule has 0 saturated heterocycles. The van der Waals surface area contributed by atoms with Crippen LogP contribution in [0.15, 0.2) is 46.4 Å². The molecule has 0 aliphatic rings. The zero-order valence-electron chi connectivity index (χ0n) is 14.3. The Hall–Kier alpha value is -1.52. The molecule has 7 heteroatoms. The van der Waals surface area contributed by atoms with Gasteiger partial charge < -0.3 is 10.2 Å². The van der Waals surface area contributed by atoms with E-state index in [1.54, 1.807) is 24.3 Å². The Kier molecular flexibility index (Phi) is 8.64. The van der Waals surface area contributed by atoms with Gasteiger partial charge in [0.2, 0.25) is 0 Å². The molecular formula is C19H18Cl2CuN2O2. The van der Waals surface area contributed by atoms with Gasteiger partial charge in [-0.25, -0.2) is 0 Å².